The number of aryl methyl sites for hydroxylation is 4. The van der Waals surface area contributed by atoms with Crippen molar-refractivity contribution in [3.05, 3.63) is 23.8 Å². The Hall–Kier alpha value is -3.18. The van der Waals surface area contributed by atoms with Gasteiger partial charge in [-0.25, -0.2) is 0 Å². The fourth-order valence-corrected chi connectivity index (χ4v) is 7.88. The van der Waals surface area contributed by atoms with E-state index in [9.17, 15) is 50.4 Å². The summed E-state index contributed by atoms with van der Waals surface area (Å²) in [5, 5.41) is 101. The topological polar surface area (TPSA) is 300 Å². The molecule has 4 heterocycles. The number of aromatic nitrogens is 6. The van der Waals surface area contributed by atoms with Crippen LogP contribution >= 0.6 is 0 Å². The number of rotatable bonds is 31. The first-order chi connectivity index (χ1) is 30.0. The van der Waals surface area contributed by atoms with Crippen LogP contribution in [0.15, 0.2) is 12.4 Å². The molecule has 0 unspecified atom stereocenters. The second-order valence-electron chi connectivity index (χ2n) is 16.9. The number of ether oxygens (including phenoxy) is 2. The van der Waals surface area contributed by atoms with Crippen LogP contribution in [0.25, 0.3) is 0 Å². The van der Waals surface area contributed by atoms with E-state index in [2.05, 4.69) is 31.3 Å². The molecule has 2 fully saturated rings. The molecule has 0 saturated carbocycles. The fourth-order valence-electron chi connectivity index (χ4n) is 7.88. The molecule has 2 saturated heterocycles. The molecule has 2 aromatic rings. The van der Waals surface area contributed by atoms with E-state index in [1.165, 1.54) is 0 Å². The van der Waals surface area contributed by atoms with Gasteiger partial charge in [-0.2, -0.15) is 0 Å². The van der Waals surface area contributed by atoms with Crippen LogP contribution in [0.1, 0.15) is 140 Å². The molecular weight excluding hydrogens is 809 g/mol. The Balaban J connectivity index is 0.906. The SMILES string of the molecule is O=C(CCCCCCCCCCn1cc(CCCCc2cn(CCCCCCCCCCC(=O)N[C@@H]3O[C@H](CO)[C@@H](O)[C@H](O)[C@H]3O)nn2)nn1)N[C@@H]1O[C@H](CO)[C@@H](O)[C@H](O)[C@H]1O. The summed E-state index contributed by atoms with van der Waals surface area (Å²) in [7, 11) is 0. The predicted octanol–water partition coefficient (Wildman–Crippen LogP) is 0.289. The Morgan fingerprint density at radius 1 is 0.484 bits per heavy atom. The molecular formula is C42H74N8O12. The van der Waals surface area contributed by atoms with Crippen LogP contribution in [0.3, 0.4) is 0 Å². The average molecular weight is 883 g/mol. The third kappa shape index (κ3) is 17.8. The molecule has 4 rings (SSSR count). The second kappa shape index (κ2) is 28.6. The molecule has 2 aliphatic rings. The number of unbranched alkanes of at least 4 members (excludes halogenated alkanes) is 15. The van der Waals surface area contributed by atoms with E-state index >= 15 is 0 Å². The van der Waals surface area contributed by atoms with Crippen LogP contribution in [0.2, 0.25) is 0 Å². The lowest BCUT2D eigenvalue weighted by atomic mass is 9.98. The maximum absolute atomic E-state index is 12.3. The molecule has 0 radical (unpaired) electrons. The van der Waals surface area contributed by atoms with E-state index in [1.54, 1.807) is 0 Å². The van der Waals surface area contributed by atoms with Gasteiger partial charge in [0.25, 0.3) is 0 Å². The second-order valence-corrected chi connectivity index (χ2v) is 16.9. The van der Waals surface area contributed by atoms with Gasteiger partial charge < -0.3 is 61.0 Å². The van der Waals surface area contributed by atoms with Crippen LogP contribution in [0, 0.1) is 0 Å². The van der Waals surface area contributed by atoms with Gasteiger partial charge in [-0.1, -0.05) is 87.5 Å². The lowest BCUT2D eigenvalue weighted by Crippen LogP contribution is -2.63. The number of aliphatic hydroxyl groups excluding tert-OH is 8. The molecule has 2 amide bonds. The maximum atomic E-state index is 12.3. The van der Waals surface area contributed by atoms with Crippen molar-refractivity contribution in [3.8, 4) is 0 Å². The van der Waals surface area contributed by atoms with Gasteiger partial charge in [-0.15, -0.1) is 10.2 Å². The monoisotopic (exact) mass is 883 g/mol. The standard InChI is InChI=1S/C42H74N8O12/c51-27-31-35(55)37(57)39(59)41(61-31)43-33(53)21-13-9-5-1-3-7-11-17-23-49-25-29(45-47-49)19-15-16-20-30-26-50(48-46-30)24-18-12-8-4-2-6-10-14-22-34(54)44-42-40(60)38(58)36(56)32(28-52)62-42/h25-26,31-32,35-42,51-52,55-60H,1-24,27-28H2,(H,43,53)(H,44,54)/t31-,32-,35-,36-,37+,38+,39-,40-,41-,42-/m1/s1. The summed E-state index contributed by atoms with van der Waals surface area (Å²) in [5.74, 6) is -0.618. The van der Waals surface area contributed by atoms with Gasteiger partial charge in [0.05, 0.1) is 24.6 Å². The zero-order chi connectivity index (χ0) is 44.7. The minimum absolute atomic E-state index is 0.268. The molecule has 354 valence electrons. The minimum atomic E-state index is -1.51. The third-order valence-corrected chi connectivity index (χ3v) is 11.8. The van der Waals surface area contributed by atoms with Crippen molar-refractivity contribution in [2.24, 2.45) is 0 Å². The van der Waals surface area contributed by atoms with E-state index in [1.807, 2.05) is 21.8 Å². The summed E-state index contributed by atoms with van der Waals surface area (Å²) in [6, 6.07) is 0. The van der Waals surface area contributed by atoms with Gasteiger partial charge in [0, 0.05) is 38.3 Å². The number of carbonyl (C=O) groups is 2. The van der Waals surface area contributed by atoms with Crippen LogP contribution in [0.4, 0.5) is 0 Å². The van der Waals surface area contributed by atoms with Crippen molar-refractivity contribution in [1.82, 2.24) is 40.6 Å². The number of nitrogens with one attached hydrogen (secondary N) is 2. The van der Waals surface area contributed by atoms with E-state index < -0.39 is 74.5 Å². The summed E-state index contributed by atoms with van der Waals surface area (Å²) in [5.41, 5.74) is 2.01. The maximum Gasteiger partial charge on any atom is 0.222 e. The van der Waals surface area contributed by atoms with Crippen LogP contribution in [0.5, 0.6) is 0 Å². The van der Waals surface area contributed by atoms with Crippen molar-refractivity contribution in [2.45, 2.75) is 216 Å². The minimum Gasteiger partial charge on any atom is -0.394 e. The highest BCUT2D eigenvalue weighted by molar-refractivity contribution is 5.76. The average Bonchev–Trinajstić information content (AvgIpc) is 3.93. The van der Waals surface area contributed by atoms with Crippen molar-refractivity contribution >= 4 is 11.8 Å². The van der Waals surface area contributed by atoms with Crippen molar-refractivity contribution in [2.75, 3.05) is 13.2 Å². The molecule has 0 spiro atoms. The predicted molar refractivity (Wildman–Crippen MR) is 224 cm³/mol. The quantitative estimate of drug-likeness (QED) is 0.0455. The smallest absolute Gasteiger partial charge is 0.222 e. The Kier molecular flexibility index (Phi) is 23.7. The van der Waals surface area contributed by atoms with Gasteiger partial charge in [-0.05, 0) is 51.4 Å². The first-order valence-corrected chi connectivity index (χ1v) is 23.0. The highest BCUT2D eigenvalue weighted by atomic mass is 16.6. The first-order valence-electron chi connectivity index (χ1n) is 23.0. The largest absolute Gasteiger partial charge is 0.394 e. The van der Waals surface area contributed by atoms with Gasteiger partial charge in [-0.3, -0.25) is 19.0 Å². The highest BCUT2D eigenvalue weighted by Gasteiger charge is 2.45. The fraction of sp³-hybridized carbons (Fsp3) is 0.857. The van der Waals surface area contributed by atoms with Crippen LogP contribution in [-0.2, 0) is 45.0 Å². The third-order valence-electron chi connectivity index (χ3n) is 11.8. The molecule has 10 atom stereocenters. The molecule has 2 aromatic heterocycles. The van der Waals surface area contributed by atoms with E-state index in [0.29, 0.717) is 12.8 Å². The molecule has 2 aliphatic heterocycles. The number of aliphatic hydroxyl groups is 8. The summed E-state index contributed by atoms with van der Waals surface area (Å²) in [4.78, 5) is 24.5. The lowest BCUT2D eigenvalue weighted by molar-refractivity contribution is -0.236. The molecule has 0 aliphatic carbocycles. The number of hydrogen-bond acceptors (Lipinski definition) is 16. The van der Waals surface area contributed by atoms with Gasteiger partial charge >= 0.3 is 0 Å². The highest BCUT2D eigenvalue weighted by Crippen LogP contribution is 2.22. The van der Waals surface area contributed by atoms with E-state index in [0.717, 1.165) is 140 Å². The number of amides is 2. The van der Waals surface area contributed by atoms with Crippen molar-refractivity contribution < 1.29 is 59.9 Å². The number of carbonyl (C=O) groups excluding carboxylic acids is 2. The Morgan fingerprint density at radius 3 is 1.18 bits per heavy atom. The van der Waals surface area contributed by atoms with Crippen molar-refractivity contribution in [1.29, 1.82) is 0 Å². The normalized spacial score (nSPS) is 26.5. The number of hydrogen-bond donors (Lipinski definition) is 10. The number of nitrogens with zero attached hydrogens (tertiary/aromatic N) is 6. The zero-order valence-corrected chi connectivity index (χ0v) is 36.2. The molecule has 62 heavy (non-hydrogen) atoms. The Labute approximate surface area is 364 Å². The van der Waals surface area contributed by atoms with Crippen molar-refractivity contribution in [3.63, 3.8) is 0 Å². The summed E-state index contributed by atoms with van der Waals surface area (Å²) < 4.78 is 14.5. The lowest BCUT2D eigenvalue weighted by Gasteiger charge is -2.40. The molecule has 20 nitrogen and oxygen atoms in total. The van der Waals surface area contributed by atoms with Gasteiger partial charge in [0.15, 0.2) is 12.5 Å². The van der Waals surface area contributed by atoms with Gasteiger partial charge in [0.1, 0.15) is 48.8 Å². The van der Waals surface area contributed by atoms with Gasteiger partial charge in [0.2, 0.25) is 11.8 Å². The summed E-state index contributed by atoms with van der Waals surface area (Å²) >= 11 is 0. The zero-order valence-electron chi connectivity index (χ0n) is 36.2. The van der Waals surface area contributed by atoms with E-state index in [-0.39, 0.29) is 24.7 Å². The first kappa shape index (κ1) is 51.5. The Bertz CT molecular complexity index is 1420. The van der Waals surface area contributed by atoms with Crippen LogP contribution < -0.4 is 10.6 Å². The molecule has 0 bridgehead atoms. The van der Waals surface area contributed by atoms with E-state index in [4.69, 9.17) is 9.47 Å². The molecule has 0 aromatic carbocycles. The molecule has 20 heteroatoms. The summed E-state index contributed by atoms with van der Waals surface area (Å²) in [6.45, 7) is 0.625. The summed E-state index contributed by atoms with van der Waals surface area (Å²) in [6.07, 6.45) is 11.4. The molecule has 10 N–H and O–H groups in total. The Morgan fingerprint density at radius 2 is 0.823 bits per heavy atom. The van der Waals surface area contributed by atoms with Crippen LogP contribution in [-0.4, -0.2) is 157 Å².